The number of nitrogens with zero attached hydrogens (tertiary/aromatic N) is 1. The van der Waals surface area contributed by atoms with Crippen LogP contribution in [0.25, 0.3) is 10.9 Å². The van der Waals surface area contributed by atoms with E-state index >= 15 is 0 Å². The lowest BCUT2D eigenvalue weighted by atomic mass is 9.92. The lowest BCUT2D eigenvalue weighted by Gasteiger charge is -2.22. The van der Waals surface area contributed by atoms with Crippen LogP contribution in [0.5, 0.6) is 0 Å². The molecule has 5 nitrogen and oxygen atoms in total. The molecule has 0 saturated carbocycles. The topological polar surface area (TPSA) is 74.3 Å². The van der Waals surface area contributed by atoms with Gasteiger partial charge in [0.2, 0.25) is 10.0 Å². The highest BCUT2D eigenvalue weighted by atomic mass is 32.2. The van der Waals surface area contributed by atoms with Gasteiger partial charge in [0.05, 0.1) is 11.5 Å². The van der Waals surface area contributed by atoms with E-state index in [9.17, 15) is 8.42 Å². The molecule has 2 aromatic carbocycles. The summed E-state index contributed by atoms with van der Waals surface area (Å²) < 4.78 is 30.8. The SMILES string of the molecule is CC(C)(C)c1cc2ccccc2n1CCOCCCc1ccc(S(N)(=O)=O)cc1. The minimum Gasteiger partial charge on any atom is -0.380 e. The fraction of sp³-hybridized carbons (Fsp3) is 0.391. The normalized spacial score (nSPS) is 12.6. The molecule has 0 aliphatic rings. The molecule has 0 unspecified atom stereocenters. The van der Waals surface area contributed by atoms with Gasteiger partial charge in [0, 0.05) is 29.8 Å². The molecule has 3 rings (SSSR count). The molecule has 0 spiro atoms. The maximum Gasteiger partial charge on any atom is 0.238 e. The number of aryl methyl sites for hydroxylation is 1. The van der Waals surface area contributed by atoms with Gasteiger partial charge in [0.25, 0.3) is 0 Å². The van der Waals surface area contributed by atoms with Crippen molar-refractivity contribution in [2.75, 3.05) is 13.2 Å². The van der Waals surface area contributed by atoms with Crippen molar-refractivity contribution in [3.8, 4) is 0 Å². The Morgan fingerprint density at radius 1 is 1.00 bits per heavy atom. The van der Waals surface area contributed by atoms with E-state index in [0.717, 1.165) is 24.9 Å². The molecule has 0 radical (unpaired) electrons. The molecule has 3 aromatic rings. The van der Waals surface area contributed by atoms with Gasteiger partial charge in [0.1, 0.15) is 0 Å². The highest BCUT2D eigenvalue weighted by Crippen LogP contribution is 2.29. The van der Waals surface area contributed by atoms with E-state index in [0.29, 0.717) is 13.2 Å². The van der Waals surface area contributed by atoms with Crippen LogP contribution >= 0.6 is 0 Å². The lowest BCUT2D eigenvalue weighted by molar-refractivity contribution is 0.124. The first-order valence-electron chi connectivity index (χ1n) is 9.94. The Labute approximate surface area is 173 Å². The third-order valence-electron chi connectivity index (χ3n) is 5.04. The molecule has 156 valence electrons. The van der Waals surface area contributed by atoms with Crippen molar-refractivity contribution >= 4 is 20.9 Å². The van der Waals surface area contributed by atoms with Crippen molar-refractivity contribution < 1.29 is 13.2 Å². The molecule has 0 aliphatic heterocycles. The maximum atomic E-state index is 11.3. The number of fused-ring (bicyclic) bond motifs is 1. The van der Waals surface area contributed by atoms with Crippen LogP contribution < -0.4 is 5.14 Å². The van der Waals surface area contributed by atoms with Crippen LogP contribution in [0.1, 0.15) is 38.4 Å². The third-order valence-corrected chi connectivity index (χ3v) is 5.97. The summed E-state index contributed by atoms with van der Waals surface area (Å²) in [5, 5.41) is 6.39. The van der Waals surface area contributed by atoms with Crippen LogP contribution in [0.15, 0.2) is 59.5 Å². The minimum absolute atomic E-state index is 0.0716. The molecule has 6 heteroatoms. The zero-order chi connectivity index (χ0) is 21.1. The summed E-state index contributed by atoms with van der Waals surface area (Å²) in [5.74, 6) is 0. The third kappa shape index (κ3) is 5.47. The largest absolute Gasteiger partial charge is 0.380 e. The van der Waals surface area contributed by atoms with Gasteiger partial charge in [0.15, 0.2) is 0 Å². The predicted molar refractivity (Wildman–Crippen MR) is 118 cm³/mol. The van der Waals surface area contributed by atoms with Crippen LogP contribution in [0.3, 0.4) is 0 Å². The first-order valence-corrected chi connectivity index (χ1v) is 11.5. The van der Waals surface area contributed by atoms with Crippen LogP contribution in [0, 0.1) is 0 Å². The Bertz CT molecular complexity index is 1060. The molecule has 2 N–H and O–H groups in total. The first kappa shape index (κ1) is 21.6. The number of rotatable bonds is 8. The van der Waals surface area contributed by atoms with Crippen LogP contribution in [-0.2, 0) is 33.1 Å². The number of hydrogen-bond acceptors (Lipinski definition) is 3. The number of para-hydroxylation sites is 1. The van der Waals surface area contributed by atoms with Gasteiger partial charge in [-0.25, -0.2) is 13.6 Å². The predicted octanol–water partition coefficient (Wildman–Crippen LogP) is 4.24. The molecule has 29 heavy (non-hydrogen) atoms. The Hall–Kier alpha value is -2.15. The second-order valence-corrected chi connectivity index (χ2v) is 9.96. The van der Waals surface area contributed by atoms with Gasteiger partial charge in [-0.2, -0.15) is 0 Å². The summed E-state index contributed by atoms with van der Waals surface area (Å²) >= 11 is 0. The van der Waals surface area contributed by atoms with Gasteiger partial charge in [-0.05, 0) is 48.1 Å². The number of ether oxygens (including phenoxy) is 1. The van der Waals surface area contributed by atoms with E-state index in [-0.39, 0.29) is 10.3 Å². The molecule has 0 atom stereocenters. The molecule has 1 aromatic heterocycles. The van der Waals surface area contributed by atoms with E-state index in [1.807, 2.05) is 0 Å². The van der Waals surface area contributed by atoms with E-state index in [1.165, 1.54) is 16.6 Å². The molecular formula is C23H30N2O3S. The Morgan fingerprint density at radius 2 is 1.69 bits per heavy atom. The lowest BCUT2D eigenvalue weighted by Crippen LogP contribution is -2.19. The molecule has 0 aliphatic carbocycles. The highest BCUT2D eigenvalue weighted by Gasteiger charge is 2.20. The molecule has 0 bridgehead atoms. The number of nitrogens with two attached hydrogens (primary N) is 1. The Kier molecular flexibility index (Phi) is 6.46. The van der Waals surface area contributed by atoms with Crippen molar-refractivity contribution in [3.63, 3.8) is 0 Å². The second-order valence-electron chi connectivity index (χ2n) is 8.39. The summed E-state index contributed by atoms with van der Waals surface area (Å²) in [6.07, 6.45) is 1.72. The van der Waals surface area contributed by atoms with Crippen molar-refractivity contribution in [3.05, 3.63) is 65.9 Å². The van der Waals surface area contributed by atoms with Crippen molar-refractivity contribution in [1.82, 2.24) is 4.57 Å². The molecular weight excluding hydrogens is 384 g/mol. The zero-order valence-electron chi connectivity index (χ0n) is 17.4. The number of aromatic nitrogens is 1. The van der Waals surface area contributed by atoms with Crippen LogP contribution in [-0.4, -0.2) is 26.2 Å². The number of hydrogen-bond donors (Lipinski definition) is 1. The Balaban J connectivity index is 1.51. The number of primary sulfonamides is 1. The fourth-order valence-electron chi connectivity index (χ4n) is 3.55. The molecule has 0 amide bonds. The summed E-state index contributed by atoms with van der Waals surface area (Å²) in [5.41, 5.74) is 3.71. The molecule has 1 heterocycles. The number of sulfonamides is 1. The average molecular weight is 415 g/mol. The van der Waals surface area contributed by atoms with Gasteiger partial charge >= 0.3 is 0 Å². The smallest absolute Gasteiger partial charge is 0.238 e. The van der Waals surface area contributed by atoms with Gasteiger partial charge in [-0.1, -0.05) is 51.1 Å². The summed E-state index contributed by atoms with van der Waals surface area (Å²) in [7, 11) is -3.63. The fourth-order valence-corrected chi connectivity index (χ4v) is 4.07. The molecule has 0 fully saturated rings. The summed E-state index contributed by atoms with van der Waals surface area (Å²) in [4.78, 5) is 0.145. The van der Waals surface area contributed by atoms with Crippen molar-refractivity contribution in [2.24, 2.45) is 5.14 Å². The van der Waals surface area contributed by atoms with E-state index in [1.54, 1.807) is 24.3 Å². The average Bonchev–Trinajstić information content (AvgIpc) is 3.03. The van der Waals surface area contributed by atoms with Crippen molar-refractivity contribution in [1.29, 1.82) is 0 Å². The highest BCUT2D eigenvalue weighted by molar-refractivity contribution is 7.89. The second kappa shape index (κ2) is 8.69. The van der Waals surface area contributed by atoms with E-state index < -0.39 is 10.0 Å². The first-order chi connectivity index (χ1) is 13.7. The van der Waals surface area contributed by atoms with Gasteiger partial charge < -0.3 is 9.30 Å². The van der Waals surface area contributed by atoms with E-state index in [2.05, 4.69) is 55.7 Å². The van der Waals surface area contributed by atoms with Gasteiger partial charge in [-0.3, -0.25) is 0 Å². The zero-order valence-corrected chi connectivity index (χ0v) is 18.2. The van der Waals surface area contributed by atoms with Crippen molar-refractivity contribution in [2.45, 2.75) is 50.5 Å². The quantitative estimate of drug-likeness (QED) is 0.560. The van der Waals surface area contributed by atoms with Crippen LogP contribution in [0.2, 0.25) is 0 Å². The summed E-state index contributed by atoms with van der Waals surface area (Å²) in [6.45, 7) is 8.86. The molecule has 0 saturated heterocycles. The Morgan fingerprint density at radius 3 is 2.34 bits per heavy atom. The monoisotopic (exact) mass is 414 g/mol. The van der Waals surface area contributed by atoms with Crippen LogP contribution in [0.4, 0.5) is 0 Å². The maximum absolute atomic E-state index is 11.3. The standard InChI is InChI=1S/C23H30N2O3S/c1-23(2,3)22-17-19-8-4-5-9-21(19)25(22)14-16-28-15-6-7-18-10-12-20(13-11-18)29(24,26)27/h4-5,8-13,17H,6-7,14-16H2,1-3H3,(H2,24,26,27). The number of benzene rings is 2. The van der Waals surface area contributed by atoms with Gasteiger partial charge in [-0.15, -0.1) is 0 Å². The van der Waals surface area contributed by atoms with E-state index in [4.69, 9.17) is 9.88 Å². The minimum atomic E-state index is -3.63. The summed E-state index contributed by atoms with van der Waals surface area (Å²) in [6, 6.07) is 17.5.